The van der Waals surface area contributed by atoms with E-state index >= 15 is 0 Å². The minimum absolute atomic E-state index is 0.730. The number of nitrogens with zero attached hydrogens (tertiary/aromatic N) is 1. The number of aliphatic hydroxyl groups excluding tert-OH is 1. The van der Waals surface area contributed by atoms with Crippen molar-refractivity contribution in [1.29, 1.82) is 0 Å². The van der Waals surface area contributed by atoms with Gasteiger partial charge in [-0.2, -0.15) is 0 Å². The molecule has 0 saturated heterocycles. The Morgan fingerprint density at radius 3 is 2.30 bits per heavy atom. The maximum atomic E-state index is 10.7. The number of hydrogen-bond acceptors (Lipinski definition) is 2. The zero-order valence-electron chi connectivity index (χ0n) is 16.4. The molecule has 1 heterocycles. The van der Waals surface area contributed by atoms with E-state index in [1.54, 1.807) is 6.20 Å². The van der Waals surface area contributed by atoms with Crippen molar-refractivity contribution in [1.82, 2.24) is 4.98 Å². The molecule has 0 bridgehead atoms. The molecule has 1 atom stereocenters. The second-order valence-corrected chi connectivity index (χ2v) is 7.19. The van der Waals surface area contributed by atoms with E-state index in [1.807, 2.05) is 44.3 Å². The average Bonchev–Trinajstić information content (AvgIpc) is 2.60. The van der Waals surface area contributed by atoms with Crippen molar-refractivity contribution in [3.05, 3.63) is 99.4 Å². The molecule has 0 fully saturated rings. The molecule has 0 spiro atoms. The van der Waals surface area contributed by atoms with Gasteiger partial charge < -0.3 is 5.11 Å². The third-order valence-electron chi connectivity index (χ3n) is 4.73. The van der Waals surface area contributed by atoms with Gasteiger partial charge >= 0.3 is 0 Å². The predicted octanol–water partition coefficient (Wildman–Crippen LogP) is 4.99. The first-order valence-corrected chi connectivity index (χ1v) is 9.20. The molecule has 1 N–H and O–H groups in total. The van der Waals surface area contributed by atoms with E-state index in [0.717, 1.165) is 34.2 Å². The Labute approximate surface area is 161 Å². The van der Waals surface area contributed by atoms with Gasteiger partial charge in [0.15, 0.2) is 0 Å². The average molecular weight is 355 g/mol. The van der Waals surface area contributed by atoms with Crippen molar-refractivity contribution in [2.75, 3.05) is 0 Å². The SMILES string of the molecule is Cc1cc(C)cc(Cc2cnccc2C(O)C#Cc2c(C)cccc2C)c1. The Hall–Kier alpha value is -2.89. The zero-order chi connectivity index (χ0) is 19.4. The van der Waals surface area contributed by atoms with Crippen molar-refractivity contribution in [3.8, 4) is 11.8 Å². The molecule has 1 unspecified atom stereocenters. The van der Waals surface area contributed by atoms with Gasteiger partial charge in [0, 0.05) is 18.0 Å². The highest BCUT2D eigenvalue weighted by atomic mass is 16.3. The first-order valence-electron chi connectivity index (χ1n) is 9.20. The smallest absolute Gasteiger partial charge is 0.141 e. The fourth-order valence-electron chi connectivity index (χ4n) is 3.47. The van der Waals surface area contributed by atoms with E-state index in [-0.39, 0.29) is 0 Å². The van der Waals surface area contributed by atoms with Crippen LogP contribution >= 0.6 is 0 Å². The summed E-state index contributed by atoms with van der Waals surface area (Å²) in [6.45, 7) is 8.29. The van der Waals surface area contributed by atoms with Gasteiger partial charge in [0.2, 0.25) is 0 Å². The highest BCUT2D eigenvalue weighted by Crippen LogP contribution is 2.21. The number of aliphatic hydroxyl groups is 1. The van der Waals surface area contributed by atoms with E-state index in [0.29, 0.717) is 0 Å². The molecular weight excluding hydrogens is 330 g/mol. The van der Waals surface area contributed by atoms with Crippen molar-refractivity contribution >= 4 is 0 Å². The monoisotopic (exact) mass is 355 g/mol. The second kappa shape index (κ2) is 8.20. The molecule has 0 aliphatic heterocycles. The van der Waals surface area contributed by atoms with Crippen LogP contribution in [0.15, 0.2) is 54.9 Å². The summed E-state index contributed by atoms with van der Waals surface area (Å²) in [4.78, 5) is 4.26. The molecule has 0 amide bonds. The molecule has 1 aromatic heterocycles. The summed E-state index contributed by atoms with van der Waals surface area (Å²) < 4.78 is 0. The van der Waals surface area contributed by atoms with Gasteiger partial charge in [0.05, 0.1) is 0 Å². The number of pyridine rings is 1. The van der Waals surface area contributed by atoms with E-state index in [4.69, 9.17) is 0 Å². The fraction of sp³-hybridized carbons (Fsp3) is 0.240. The van der Waals surface area contributed by atoms with Gasteiger partial charge in [0.1, 0.15) is 6.10 Å². The van der Waals surface area contributed by atoms with Crippen LogP contribution in [0.3, 0.4) is 0 Å². The highest BCUT2D eigenvalue weighted by molar-refractivity contribution is 5.47. The summed E-state index contributed by atoms with van der Waals surface area (Å²) in [5.74, 6) is 6.19. The van der Waals surface area contributed by atoms with Gasteiger partial charge in [-0.25, -0.2) is 0 Å². The normalized spacial score (nSPS) is 11.6. The molecule has 2 nitrogen and oxygen atoms in total. The highest BCUT2D eigenvalue weighted by Gasteiger charge is 2.11. The van der Waals surface area contributed by atoms with Gasteiger partial charge in [-0.1, -0.05) is 59.4 Å². The molecule has 3 aromatic rings. The van der Waals surface area contributed by atoms with Crippen LogP contribution in [0.1, 0.15) is 50.6 Å². The Morgan fingerprint density at radius 2 is 1.63 bits per heavy atom. The molecule has 0 aliphatic rings. The van der Waals surface area contributed by atoms with Crippen molar-refractivity contribution in [2.45, 2.75) is 40.2 Å². The van der Waals surface area contributed by atoms with E-state index < -0.39 is 6.10 Å². The van der Waals surface area contributed by atoms with Crippen molar-refractivity contribution in [3.63, 3.8) is 0 Å². The van der Waals surface area contributed by atoms with E-state index in [1.165, 1.54) is 16.7 Å². The first kappa shape index (κ1) is 18.9. The Bertz CT molecular complexity index is 983. The molecule has 3 rings (SSSR count). The molecule has 0 radical (unpaired) electrons. The van der Waals surface area contributed by atoms with Gasteiger partial charge in [-0.15, -0.1) is 0 Å². The molecule has 136 valence electrons. The quantitative estimate of drug-likeness (QED) is 0.671. The summed E-state index contributed by atoms with van der Waals surface area (Å²) in [5.41, 5.74) is 8.77. The molecule has 27 heavy (non-hydrogen) atoms. The van der Waals surface area contributed by atoms with Gasteiger partial charge in [-0.3, -0.25) is 4.98 Å². The van der Waals surface area contributed by atoms with Crippen LogP contribution in [0.2, 0.25) is 0 Å². The van der Waals surface area contributed by atoms with Gasteiger partial charge in [-0.05, 0) is 68.0 Å². The van der Waals surface area contributed by atoms with Crippen LogP contribution in [0.5, 0.6) is 0 Å². The topological polar surface area (TPSA) is 33.1 Å². The van der Waals surface area contributed by atoms with Crippen LogP contribution in [0.25, 0.3) is 0 Å². The lowest BCUT2D eigenvalue weighted by atomic mass is 9.96. The first-order chi connectivity index (χ1) is 12.9. The number of aryl methyl sites for hydroxylation is 4. The molecule has 0 aliphatic carbocycles. The lowest BCUT2D eigenvalue weighted by molar-refractivity contribution is 0.237. The van der Waals surface area contributed by atoms with E-state index in [9.17, 15) is 5.11 Å². The number of aromatic nitrogens is 1. The number of hydrogen-bond donors (Lipinski definition) is 1. The second-order valence-electron chi connectivity index (χ2n) is 7.19. The predicted molar refractivity (Wildman–Crippen MR) is 111 cm³/mol. The largest absolute Gasteiger partial charge is 0.376 e. The minimum atomic E-state index is -0.840. The van der Waals surface area contributed by atoms with Crippen LogP contribution in [0, 0.1) is 39.5 Å². The Morgan fingerprint density at radius 1 is 0.963 bits per heavy atom. The minimum Gasteiger partial charge on any atom is -0.376 e. The number of rotatable bonds is 3. The van der Waals surface area contributed by atoms with Crippen molar-refractivity contribution < 1.29 is 5.11 Å². The third-order valence-corrected chi connectivity index (χ3v) is 4.73. The standard InChI is InChI=1S/C25H25NO/c1-17-12-18(2)14-21(13-17)15-22-16-26-11-10-24(22)25(27)9-8-23-19(3)6-5-7-20(23)4/h5-7,10-14,16,25,27H,15H2,1-4H3. The maximum absolute atomic E-state index is 10.7. The fourth-order valence-corrected chi connectivity index (χ4v) is 3.47. The molecular formula is C25H25NO. The number of benzene rings is 2. The Kier molecular flexibility index (Phi) is 5.74. The lowest BCUT2D eigenvalue weighted by Gasteiger charge is -2.12. The van der Waals surface area contributed by atoms with Crippen LogP contribution in [-0.4, -0.2) is 10.1 Å². The molecule has 0 saturated carbocycles. The van der Waals surface area contributed by atoms with Crippen LogP contribution in [-0.2, 0) is 6.42 Å². The Balaban J connectivity index is 1.91. The summed E-state index contributed by atoms with van der Waals surface area (Å²) in [7, 11) is 0. The summed E-state index contributed by atoms with van der Waals surface area (Å²) in [6, 6.07) is 14.5. The maximum Gasteiger partial charge on any atom is 0.141 e. The van der Waals surface area contributed by atoms with Crippen LogP contribution < -0.4 is 0 Å². The van der Waals surface area contributed by atoms with Gasteiger partial charge in [0.25, 0.3) is 0 Å². The van der Waals surface area contributed by atoms with Crippen LogP contribution in [0.4, 0.5) is 0 Å². The zero-order valence-corrected chi connectivity index (χ0v) is 16.4. The lowest BCUT2D eigenvalue weighted by Crippen LogP contribution is -2.02. The van der Waals surface area contributed by atoms with E-state index in [2.05, 4.69) is 48.9 Å². The van der Waals surface area contributed by atoms with Crippen molar-refractivity contribution in [2.24, 2.45) is 0 Å². The summed E-state index contributed by atoms with van der Waals surface area (Å²) in [6.07, 6.45) is 3.43. The summed E-state index contributed by atoms with van der Waals surface area (Å²) in [5, 5.41) is 10.7. The third kappa shape index (κ3) is 4.64. The molecule has 2 heteroatoms. The molecule has 2 aromatic carbocycles. The summed E-state index contributed by atoms with van der Waals surface area (Å²) >= 11 is 0.